The largest absolute Gasteiger partial charge is 0.497 e. The first-order chi connectivity index (χ1) is 16.1. The molecule has 8 nitrogen and oxygen atoms in total. The first kappa shape index (κ1) is 23.2. The van der Waals surface area contributed by atoms with Gasteiger partial charge in [-0.1, -0.05) is 19.3 Å². The Hall–Kier alpha value is -3.00. The van der Waals surface area contributed by atoms with Gasteiger partial charge in [-0.2, -0.15) is 0 Å². The lowest BCUT2D eigenvalue weighted by atomic mass is 9.95. The Morgan fingerprint density at radius 3 is 2.39 bits per heavy atom. The van der Waals surface area contributed by atoms with Crippen LogP contribution in [-0.2, 0) is 9.59 Å². The average Bonchev–Trinajstić information content (AvgIpc) is 3.40. The number of carbonyl (C=O) groups excluding carboxylic acids is 2. The van der Waals surface area contributed by atoms with Crippen LogP contribution < -0.4 is 20.3 Å². The molecule has 0 spiro atoms. The fourth-order valence-electron chi connectivity index (χ4n) is 4.74. The van der Waals surface area contributed by atoms with Gasteiger partial charge in [-0.25, -0.2) is 0 Å². The second kappa shape index (κ2) is 11.2. The Bertz CT molecular complexity index is 886. The van der Waals surface area contributed by atoms with E-state index in [0.29, 0.717) is 6.54 Å². The van der Waals surface area contributed by atoms with Crippen molar-refractivity contribution in [3.8, 4) is 5.75 Å². The van der Waals surface area contributed by atoms with Gasteiger partial charge in [0.15, 0.2) is 0 Å². The van der Waals surface area contributed by atoms with E-state index in [4.69, 9.17) is 9.15 Å². The molecule has 0 bridgehead atoms. The summed E-state index contributed by atoms with van der Waals surface area (Å²) in [7, 11) is 1.67. The summed E-state index contributed by atoms with van der Waals surface area (Å²) >= 11 is 0. The van der Waals surface area contributed by atoms with Crippen LogP contribution in [0.15, 0.2) is 47.1 Å². The van der Waals surface area contributed by atoms with Crippen LogP contribution in [0, 0.1) is 0 Å². The number of amides is 2. The number of anilines is 1. The normalized spacial score (nSPS) is 18.5. The number of hydrogen-bond acceptors (Lipinski definition) is 6. The third-order valence-corrected chi connectivity index (χ3v) is 6.67. The first-order valence-corrected chi connectivity index (χ1v) is 11.9. The quantitative estimate of drug-likeness (QED) is 0.626. The van der Waals surface area contributed by atoms with Gasteiger partial charge >= 0.3 is 11.8 Å². The maximum Gasteiger partial charge on any atom is 0.309 e. The van der Waals surface area contributed by atoms with Gasteiger partial charge in [0.25, 0.3) is 0 Å². The molecule has 2 heterocycles. The molecule has 1 saturated heterocycles. The number of rotatable bonds is 7. The summed E-state index contributed by atoms with van der Waals surface area (Å²) in [5, 5.41) is 5.72. The molecule has 1 atom stereocenters. The summed E-state index contributed by atoms with van der Waals surface area (Å²) in [5.74, 6) is 0.526. The van der Waals surface area contributed by atoms with Crippen molar-refractivity contribution in [2.75, 3.05) is 44.7 Å². The lowest BCUT2D eigenvalue weighted by Gasteiger charge is -2.39. The van der Waals surface area contributed by atoms with Gasteiger partial charge in [-0.15, -0.1) is 0 Å². The summed E-state index contributed by atoms with van der Waals surface area (Å²) < 4.78 is 10.9. The standard InChI is InChI=1S/C25H34N4O4/c1-32-21-11-9-20(10-12-21)28-13-15-29(16-14-28)22(23-8-5-17-33-23)18-26-24(30)25(31)27-19-6-3-2-4-7-19/h5,8-12,17,19,22H,2-4,6-7,13-16,18H2,1H3,(H,26,30)(H,27,31). The molecule has 33 heavy (non-hydrogen) atoms. The van der Waals surface area contributed by atoms with E-state index in [1.165, 1.54) is 6.42 Å². The predicted octanol–water partition coefficient (Wildman–Crippen LogP) is 2.72. The predicted molar refractivity (Wildman–Crippen MR) is 126 cm³/mol. The molecule has 1 aromatic heterocycles. The number of benzene rings is 1. The molecule has 1 unspecified atom stereocenters. The van der Waals surface area contributed by atoms with Crippen molar-refractivity contribution >= 4 is 17.5 Å². The monoisotopic (exact) mass is 454 g/mol. The summed E-state index contributed by atoms with van der Waals surface area (Å²) in [4.78, 5) is 29.5. The molecule has 1 aliphatic heterocycles. The fraction of sp³-hybridized carbons (Fsp3) is 0.520. The second-order valence-electron chi connectivity index (χ2n) is 8.77. The molecule has 178 valence electrons. The highest BCUT2D eigenvalue weighted by Gasteiger charge is 2.28. The van der Waals surface area contributed by atoms with Crippen LogP contribution in [0.4, 0.5) is 5.69 Å². The van der Waals surface area contributed by atoms with Crippen molar-refractivity contribution in [2.24, 2.45) is 0 Å². The van der Waals surface area contributed by atoms with E-state index >= 15 is 0 Å². The second-order valence-corrected chi connectivity index (χ2v) is 8.77. The minimum Gasteiger partial charge on any atom is -0.497 e. The Morgan fingerprint density at radius 1 is 1.03 bits per heavy atom. The van der Waals surface area contributed by atoms with Gasteiger partial charge in [0.05, 0.1) is 19.4 Å². The van der Waals surface area contributed by atoms with Crippen LogP contribution >= 0.6 is 0 Å². The minimum atomic E-state index is -0.575. The van der Waals surface area contributed by atoms with Crippen LogP contribution in [0.2, 0.25) is 0 Å². The van der Waals surface area contributed by atoms with Crippen molar-refractivity contribution in [3.63, 3.8) is 0 Å². The molecule has 4 rings (SSSR count). The number of furan rings is 1. The number of piperazine rings is 1. The van der Waals surface area contributed by atoms with Crippen LogP contribution in [0.3, 0.4) is 0 Å². The summed E-state index contributed by atoms with van der Waals surface area (Å²) in [6, 6.07) is 11.9. The van der Waals surface area contributed by atoms with Crippen molar-refractivity contribution in [1.29, 1.82) is 0 Å². The average molecular weight is 455 g/mol. The maximum absolute atomic E-state index is 12.5. The van der Waals surface area contributed by atoms with E-state index in [0.717, 1.165) is 69.1 Å². The highest BCUT2D eigenvalue weighted by Crippen LogP contribution is 2.25. The molecule has 0 radical (unpaired) electrons. The number of hydrogen-bond donors (Lipinski definition) is 2. The van der Waals surface area contributed by atoms with Crippen LogP contribution in [0.5, 0.6) is 5.75 Å². The maximum atomic E-state index is 12.5. The van der Waals surface area contributed by atoms with Crippen molar-refractivity contribution in [1.82, 2.24) is 15.5 Å². The Labute approximate surface area is 195 Å². The van der Waals surface area contributed by atoms with E-state index in [-0.39, 0.29) is 12.1 Å². The molecule has 1 saturated carbocycles. The van der Waals surface area contributed by atoms with Crippen LogP contribution in [0.25, 0.3) is 0 Å². The van der Waals surface area contributed by atoms with Crippen LogP contribution in [-0.4, -0.2) is 62.6 Å². The van der Waals surface area contributed by atoms with E-state index in [1.807, 2.05) is 24.3 Å². The zero-order chi connectivity index (χ0) is 23.0. The lowest BCUT2D eigenvalue weighted by Crippen LogP contribution is -2.51. The minimum absolute atomic E-state index is 0.115. The van der Waals surface area contributed by atoms with Gasteiger partial charge in [0.1, 0.15) is 11.5 Å². The molecule has 2 aliphatic rings. The zero-order valence-corrected chi connectivity index (χ0v) is 19.3. The lowest BCUT2D eigenvalue weighted by molar-refractivity contribution is -0.139. The molecule has 2 amide bonds. The molecule has 2 aromatic rings. The molecular formula is C25H34N4O4. The SMILES string of the molecule is COc1ccc(N2CCN(C(CNC(=O)C(=O)NC3CCCCC3)c3ccco3)CC2)cc1. The molecule has 1 aromatic carbocycles. The van der Waals surface area contributed by atoms with E-state index in [2.05, 4.69) is 32.6 Å². The Kier molecular flexibility index (Phi) is 7.88. The van der Waals surface area contributed by atoms with Crippen molar-refractivity contribution in [2.45, 2.75) is 44.2 Å². The van der Waals surface area contributed by atoms with Gasteiger partial charge in [0, 0.05) is 44.5 Å². The fourth-order valence-corrected chi connectivity index (χ4v) is 4.74. The third-order valence-electron chi connectivity index (χ3n) is 6.67. The molecule has 2 N–H and O–H groups in total. The van der Waals surface area contributed by atoms with Gasteiger partial charge in [-0.05, 0) is 49.2 Å². The highest BCUT2D eigenvalue weighted by molar-refractivity contribution is 6.35. The number of carbonyl (C=O) groups is 2. The highest BCUT2D eigenvalue weighted by atomic mass is 16.5. The van der Waals surface area contributed by atoms with Crippen molar-refractivity contribution in [3.05, 3.63) is 48.4 Å². The Morgan fingerprint density at radius 2 is 1.76 bits per heavy atom. The zero-order valence-electron chi connectivity index (χ0n) is 19.3. The molecule has 8 heteroatoms. The summed E-state index contributed by atoms with van der Waals surface area (Å²) in [6.45, 7) is 3.69. The van der Waals surface area contributed by atoms with Crippen molar-refractivity contribution < 1.29 is 18.7 Å². The first-order valence-electron chi connectivity index (χ1n) is 11.9. The number of nitrogens with one attached hydrogen (secondary N) is 2. The van der Waals surface area contributed by atoms with Crippen LogP contribution in [0.1, 0.15) is 43.9 Å². The third kappa shape index (κ3) is 6.07. The molecule has 1 aliphatic carbocycles. The number of methoxy groups -OCH3 is 1. The molecular weight excluding hydrogens is 420 g/mol. The topological polar surface area (TPSA) is 87.0 Å². The molecule has 2 fully saturated rings. The summed E-state index contributed by atoms with van der Waals surface area (Å²) in [6.07, 6.45) is 6.97. The van der Waals surface area contributed by atoms with E-state index in [1.54, 1.807) is 13.4 Å². The smallest absolute Gasteiger partial charge is 0.309 e. The summed E-state index contributed by atoms with van der Waals surface area (Å²) in [5.41, 5.74) is 1.16. The van der Waals surface area contributed by atoms with E-state index < -0.39 is 11.8 Å². The van der Waals surface area contributed by atoms with Gasteiger partial charge in [0.2, 0.25) is 0 Å². The van der Waals surface area contributed by atoms with Gasteiger partial charge in [-0.3, -0.25) is 14.5 Å². The van der Waals surface area contributed by atoms with E-state index in [9.17, 15) is 9.59 Å². The number of nitrogens with zero attached hydrogens (tertiary/aromatic N) is 2. The van der Waals surface area contributed by atoms with Gasteiger partial charge < -0.3 is 24.7 Å². The Balaban J connectivity index is 1.32. The number of ether oxygens (including phenoxy) is 1.